The topological polar surface area (TPSA) is 92.9 Å². The van der Waals surface area contributed by atoms with Crippen molar-refractivity contribution in [2.75, 3.05) is 18.4 Å². The summed E-state index contributed by atoms with van der Waals surface area (Å²) in [5, 5.41) is 9.62. The van der Waals surface area contributed by atoms with E-state index in [4.69, 9.17) is 4.52 Å². The number of nitrogens with one attached hydrogen (secondary N) is 2. The Morgan fingerprint density at radius 2 is 2.25 bits per heavy atom. The maximum atomic E-state index is 11.9. The first-order valence-electron chi connectivity index (χ1n) is 6.46. The normalized spacial score (nSPS) is 10.3. The highest BCUT2D eigenvalue weighted by atomic mass is 16.5. The number of nitrogens with zero attached hydrogens (tertiary/aromatic N) is 3. The molecule has 2 N–H and O–H groups in total. The van der Waals surface area contributed by atoms with E-state index in [0.29, 0.717) is 30.2 Å². The average Bonchev–Trinajstić information content (AvgIpc) is 2.85. The molecule has 2 heterocycles. The van der Waals surface area contributed by atoms with Gasteiger partial charge in [0.15, 0.2) is 5.82 Å². The number of hydrogen-bond donors (Lipinski definition) is 2. The zero-order valence-corrected chi connectivity index (χ0v) is 11.5. The Kier molecular flexibility index (Phi) is 4.65. The van der Waals surface area contributed by atoms with Gasteiger partial charge in [0.25, 0.3) is 5.91 Å². The van der Waals surface area contributed by atoms with Crippen molar-refractivity contribution in [3.05, 3.63) is 35.6 Å². The van der Waals surface area contributed by atoms with Gasteiger partial charge in [-0.1, -0.05) is 5.16 Å². The molecule has 0 bridgehead atoms. The lowest BCUT2D eigenvalue weighted by Crippen LogP contribution is -2.26. The van der Waals surface area contributed by atoms with Gasteiger partial charge in [0.2, 0.25) is 5.89 Å². The molecule has 0 unspecified atom stereocenters. The van der Waals surface area contributed by atoms with Gasteiger partial charge in [-0.05, 0) is 19.1 Å². The van der Waals surface area contributed by atoms with E-state index in [-0.39, 0.29) is 5.91 Å². The summed E-state index contributed by atoms with van der Waals surface area (Å²) in [6.45, 7) is 4.96. The molecule has 0 atom stereocenters. The van der Waals surface area contributed by atoms with Crippen LogP contribution < -0.4 is 10.6 Å². The molecule has 2 rings (SSSR count). The molecule has 0 saturated heterocycles. The summed E-state index contributed by atoms with van der Waals surface area (Å²) in [7, 11) is 0. The lowest BCUT2D eigenvalue weighted by Gasteiger charge is -2.05. The van der Waals surface area contributed by atoms with Crippen molar-refractivity contribution in [1.29, 1.82) is 0 Å². The van der Waals surface area contributed by atoms with E-state index >= 15 is 0 Å². The number of amides is 1. The van der Waals surface area contributed by atoms with E-state index in [1.54, 1.807) is 25.3 Å². The van der Waals surface area contributed by atoms with Gasteiger partial charge in [-0.25, -0.2) is 4.98 Å². The molecule has 0 saturated carbocycles. The van der Waals surface area contributed by atoms with Crippen molar-refractivity contribution >= 4 is 11.7 Å². The molecular formula is C13H17N5O2. The highest BCUT2D eigenvalue weighted by molar-refractivity contribution is 5.94. The Morgan fingerprint density at radius 1 is 1.40 bits per heavy atom. The molecule has 7 nitrogen and oxygen atoms in total. The smallest absolute Gasteiger partial charge is 0.252 e. The van der Waals surface area contributed by atoms with Gasteiger partial charge in [0.05, 0.1) is 5.56 Å². The highest BCUT2D eigenvalue weighted by Gasteiger charge is 2.07. The second-order valence-electron chi connectivity index (χ2n) is 4.20. The molecule has 0 spiro atoms. The predicted molar refractivity (Wildman–Crippen MR) is 73.5 cm³/mol. The summed E-state index contributed by atoms with van der Waals surface area (Å²) in [5.74, 6) is 1.70. The van der Waals surface area contributed by atoms with Crippen molar-refractivity contribution < 1.29 is 9.32 Å². The van der Waals surface area contributed by atoms with Gasteiger partial charge in [0, 0.05) is 32.6 Å². The van der Waals surface area contributed by atoms with Crippen LogP contribution in [-0.2, 0) is 6.42 Å². The van der Waals surface area contributed by atoms with E-state index in [2.05, 4.69) is 25.8 Å². The van der Waals surface area contributed by atoms with E-state index in [9.17, 15) is 4.79 Å². The quantitative estimate of drug-likeness (QED) is 0.822. The Hall–Kier alpha value is -2.44. The van der Waals surface area contributed by atoms with Crippen molar-refractivity contribution in [2.45, 2.75) is 20.3 Å². The molecule has 0 radical (unpaired) electrons. The lowest BCUT2D eigenvalue weighted by atomic mass is 10.2. The van der Waals surface area contributed by atoms with Crippen LogP contribution in [0.1, 0.15) is 29.0 Å². The van der Waals surface area contributed by atoms with Crippen LogP contribution in [0.3, 0.4) is 0 Å². The molecule has 0 aromatic carbocycles. The van der Waals surface area contributed by atoms with Crippen LogP contribution in [0.2, 0.25) is 0 Å². The molecule has 7 heteroatoms. The minimum atomic E-state index is -0.166. The molecule has 0 fully saturated rings. The van der Waals surface area contributed by atoms with Crippen molar-refractivity contribution in [2.24, 2.45) is 0 Å². The fourth-order valence-corrected chi connectivity index (χ4v) is 1.65. The Balaban J connectivity index is 1.82. The molecule has 20 heavy (non-hydrogen) atoms. The molecule has 0 aliphatic rings. The first-order valence-corrected chi connectivity index (χ1v) is 6.46. The van der Waals surface area contributed by atoms with E-state index in [0.717, 1.165) is 12.4 Å². The lowest BCUT2D eigenvalue weighted by molar-refractivity contribution is 0.0953. The SMILES string of the molecule is CCNc1ccc(C(=O)NCCc2noc(C)n2)cn1. The fraction of sp³-hybridized carbons (Fsp3) is 0.385. The minimum Gasteiger partial charge on any atom is -0.370 e. The monoisotopic (exact) mass is 275 g/mol. The number of carbonyl (C=O) groups is 1. The Bertz CT molecular complexity index is 564. The number of aryl methyl sites for hydroxylation is 1. The van der Waals surface area contributed by atoms with E-state index < -0.39 is 0 Å². The van der Waals surface area contributed by atoms with Crippen LogP contribution in [0, 0.1) is 6.92 Å². The summed E-state index contributed by atoms with van der Waals surface area (Å²) < 4.78 is 4.85. The highest BCUT2D eigenvalue weighted by Crippen LogP contribution is 2.04. The molecular weight excluding hydrogens is 258 g/mol. The summed E-state index contributed by atoms with van der Waals surface area (Å²) in [6, 6.07) is 3.51. The van der Waals surface area contributed by atoms with Gasteiger partial charge in [-0.15, -0.1) is 0 Å². The third-order valence-electron chi connectivity index (χ3n) is 2.59. The Morgan fingerprint density at radius 3 is 2.85 bits per heavy atom. The third kappa shape index (κ3) is 3.78. The van der Waals surface area contributed by atoms with Crippen molar-refractivity contribution in [3.8, 4) is 0 Å². The van der Waals surface area contributed by atoms with Crippen LogP contribution in [0.15, 0.2) is 22.9 Å². The summed E-state index contributed by atoms with van der Waals surface area (Å²) >= 11 is 0. The zero-order valence-electron chi connectivity index (χ0n) is 11.5. The summed E-state index contributed by atoms with van der Waals surface area (Å²) in [6.07, 6.45) is 2.08. The predicted octanol–water partition coefficient (Wildman–Crippen LogP) is 1.18. The second-order valence-corrected chi connectivity index (χ2v) is 4.20. The van der Waals surface area contributed by atoms with Crippen LogP contribution in [0.25, 0.3) is 0 Å². The number of carbonyl (C=O) groups excluding carboxylic acids is 1. The van der Waals surface area contributed by atoms with Crippen LogP contribution in [0.5, 0.6) is 0 Å². The van der Waals surface area contributed by atoms with Crippen molar-refractivity contribution in [3.63, 3.8) is 0 Å². The standard InChI is InChI=1S/C13H17N5O2/c1-3-14-11-5-4-10(8-16-11)13(19)15-7-6-12-17-9(2)20-18-12/h4-5,8H,3,6-7H2,1-2H3,(H,14,16)(H,15,19). The fourth-order valence-electron chi connectivity index (χ4n) is 1.65. The zero-order chi connectivity index (χ0) is 14.4. The van der Waals surface area contributed by atoms with E-state index in [1.165, 1.54) is 0 Å². The Labute approximate surface area is 116 Å². The average molecular weight is 275 g/mol. The number of rotatable bonds is 6. The number of anilines is 1. The largest absolute Gasteiger partial charge is 0.370 e. The first-order chi connectivity index (χ1) is 9.69. The molecule has 2 aromatic heterocycles. The summed E-state index contributed by atoms with van der Waals surface area (Å²) in [5.41, 5.74) is 0.524. The minimum absolute atomic E-state index is 0.166. The molecule has 0 aliphatic heterocycles. The maximum Gasteiger partial charge on any atom is 0.252 e. The maximum absolute atomic E-state index is 11.9. The van der Waals surface area contributed by atoms with E-state index in [1.807, 2.05) is 6.92 Å². The molecule has 0 aliphatic carbocycles. The van der Waals surface area contributed by atoms with Crippen LogP contribution in [-0.4, -0.2) is 34.1 Å². The van der Waals surface area contributed by atoms with Gasteiger partial charge < -0.3 is 15.2 Å². The van der Waals surface area contributed by atoms with Crippen LogP contribution in [0.4, 0.5) is 5.82 Å². The number of aromatic nitrogens is 3. The second kappa shape index (κ2) is 6.65. The van der Waals surface area contributed by atoms with Gasteiger partial charge in [-0.3, -0.25) is 4.79 Å². The van der Waals surface area contributed by atoms with Gasteiger partial charge in [-0.2, -0.15) is 4.98 Å². The van der Waals surface area contributed by atoms with Crippen LogP contribution >= 0.6 is 0 Å². The number of pyridine rings is 1. The van der Waals surface area contributed by atoms with Gasteiger partial charge >= 0.3 is 0 Å². The molecule has 1 amide bonds. The van der Waals surface area contributed by atoms with Gasteiger partial charge in [0.1, 0.15) is 5.82 Å². The number of hydrogen-bond acceptors (Lipinski definition) is 6. The summed E-state index contributed by atoms with van der Waals surface area (Å²) in [4.78, 5) is 20.1. The van der Waals surface area contributed by atoms with Crippen molar-refractivity contribution in [1.82, 2.24) is 20.4 Å². The molecule has 106 valence electrons. The molecule has 2 aromatic rings. The third-order valence-corrected chi connectivity index (χ3v) is 2.59. The first kappa shape index (κ1) is 14.0.